The number of aliphatic carboxylic acids is 2. The van der Waals surface area contributed by atoms with Crippen LogP contribution in [0.1, 0.15) is 32.6 Å². The summed E-state index contributed by atoms with van der Waals surface area (Å²) in [6.07, 6.45) is 5.29. The second-order valence-electron chi connectivity index (χ2n) is 3.11. The number of carboxylic acid groups (broad SMARTS) is 2. The van der Waals surface area contributed by atoms with Crippen LogP contribution in [0.25, 0.3) is 0 Å². The van der Waals surface area contributed by atoms with Gasteiger partial charge in [0, 0.05) is 12.4 Å². The molecule has 0 radical (unpaired) electrons. The van der Waals surface area contributed by atoms with Gasteiger partial charge in [-0.25, -0.2) is 0 Å². The number of hydrogen-bond donors (Lipinski definition) is 1. The maximum atomic E-state index is 10.6. The number of hydrogen-bond acceptors (Lipinski definition) is 3. The first-order valence-corrected chi connectivity index (χ1v) is 4.65. The molecule has 0 fully saturated rings. The van der Waals surface area contributed by atoms with Gasteiger partial charge in [0.1, 0.15) is 0 Å². The molecule has 0 saturated heterocycles. The summed E-state index contributed by atoms with van der Waals surface area (Å²) >= 11 is 0. The summed E-state index contributed by atoms with van der Waals surface area (Å²) in [5.74, 6) is -3.27. The Morgan fingerprint density at radius 1 is 1.40 bits per heavy atom. The van der Waals surface area contributed by atoms with E-state index >= 15 is 0 Å². The molecule has 0 aliphatic heterocycles. The Hall–Kier alpha value is -0.320. The molecule has 0 aromatic carbocycles. The van der Waals surface area contributed by atoms with Crippen molar-refractivity contribution in [3.8, 4) is 0 Å². The molecule has 0 aliphatic rings. The Balaban J connectivity index is 0. The number of allylic oxidation sites excluding steroid dienone is 2. The average molecular weight is 222 g/mol. The van der Waals surface area contributed by atoms with Crippen LogP contribution in [0.3, 0.4) is 0 Å². The molecule has 80 valence electrons. The van der Waals surface area contributed by atoms with Crippen molar-refractivity contribution in [2.75, 3.05) is 0 Å². The molecule has 1 N–H and O–H groups in total. The molecule has 0 aromatic rings. The zero-order valence-electron chi connectivity index (χ0n) is 9.23. The van der Waals surface area contributed by atoms with Crippen molar-refractivity contribution in [1.29, 1.82) is 0 Å². The smallest absolute Gasteiger partial charge is 0.550 e. The van der Waals surface area contributed by atoms with Crippen LogP contribution in [0.15, 0.2) is 12.2 Å². The maximum Gasteiger partial charge on any atom is 1.00 e. The SMILES string of the molecule is CCC/C=C/CC(CC(=O)[O-])C(=O)O.[Na+]. The molecule has 1 atom stereocenters. The van der Waals surface area contributed by atoms with Crippen LogP contribution in [0.4, 0.5) is 0 Å². The maximum absolute atomic E-state index is 10.6. The minimum Gasteiger partial charge on any atom is -0.550 e. The fourth-order valence-corrected chi connectivity index (χ4v) is 1.02. The predicted octanol–water partition coefficient (Wildman–Crippen LogP) is -2.42. The molecule has 5 heteroatoms. The first-order chi connectivity index (χ1) is 6.57. The Labute approximate surface area is 112 Å². The van der Waals surface area contributed by atoms with E-state index < -0.39 is 24.3 Å². The van der Waals surface area contributed by atoms with E-state index in [0.717, 1.165) is 12.8 Å². The van der Waals surface area contributed by atoms with Crippen molar-refractivity contribution in [1.82, 2.24) is 0 Å². The van der Waals surface area contributed by atoms with E-state index in [1.165, 1.54) is 0 Å². The average Bonchev–Trinajstić information content (AvgIpc) is 2.09. The van der Waals surface area contributed by atoms with Crippen LogP contribution in [0.2, 0.25) is 0 Å². The van der Waals surface area contributed by atoms with Crippen molar-refractivity contribution in [2.24, 2.45) is 5.92 Å². The largest absolute Gasteiger partial charge is 1.00 e. The van der Waals surface area contributed by atoms with E-state index in [-0.39, 0.29) is 36.0 Å². The van der Waals surface area contributed by atoms with Crippen LogP contribution >= 0.6 is 0 Å². The fraction of sp³-hybridized carbons (Fsp3) is 0.600. The number of rotatable bonds is 7. The van der Waals surface area contributed by atoms with Crippen molar-refractivity contribution >= 4 is 11.9 Å². The van der Waals surface area contributed by atoms with Gasteiger partial charge in [0.2, 0.25) is 0 Å². The van der Waals surface area contributed by atoms with Crippen molar-refractivity contribution < 1.29 is 49.4 Å². The summed E-state index contributed by atoms with van der Waals surface area (Å²) in [6.45, 7) is 2.01. The molecular weight excluding hydrogens is 207 g/mol. The van der Waals surface area contributed by atoms with Gasteiger partial charge in [0.15, 0.2) is 0 Å². The predicted molar refractivity (Wildman–Crippen MR) is 49.4 cm³/mol. The third-order valence-corrected chi connectivity index (χ3v) is 1.80. The first-order valence-electron chi connectivity index (χ1n) is 4.65. The summed E-state index contributed by atoms with van der Waals surface area (Å²) in [7, 11) is 0. The van der Waals surface area contributed by atoms with Gasteiger partial charge in [-0.3, -0.25) is 4.79 Å². The number of unbranched alkanes of at least 4 members (excludes halogenated alkanes) is 1. The molecule has 1 unspecified atom stereocenters. The molecule has 4 nitrogen and oxygen atoms in total. The van der Waals surface area contributed by atoms with Gasteiger partial charge in [-0.15, -0.1) is 0 Å². The van der Waals surface area contributed by atoms with Crippen LogP contribution < -0.4 is 34.7 Å². The standard InChI is InChI=1S/C10H16O4.Na/c1-2-3-4-5-6-8(10(13)14)7-9(11)12;/h4-5,8H,2-3,6-7H2,1H3,(H,11,12)(H,13,14);/q;+1/p-1/b5-4+;. The normalized spacial score (nSPS) is 12.1. The third-order valence-electron chi connectivity index (χ3n) is 1.80. The number of carboxylic acids is 2. The summed E-state index contributed by atoms with van der Waals surface area (Å²) in [6, 6.07) is 0. The van der Waals surface area contributed by atoms with Gasteiger partial charge < -0.3 is 15.0 Å². The summed E-state index contributed by atoms with van der Waals surface area (Å²) in [4.78, 5) is 20.8. The molecule has 0 amide bonds. The Morgan fingerprint density at radius 2 is 2.00 bits per heavy atom. The van der Waals surface area contributed by atoms with E-state index in [1.807, 2.05) is 13.0 Å². The van der Waals surface area contributed by atoms with E-state index in [9.17, 15) is 14.7 Å². The van der Waals surface area contributed by atoms with E-state index in [0.29, 0.717) is 0 Å². The molecule has 0 saturated carbocycles. The molecule has 0 aliphatic carbocycles. The van der Waals surface area contributed by atoms with Gasteiger partial charge in [-0.05, 0) is 12.8 Å². The van der Waals surface area contributed by atoms with Crippen molar-refractivity contribution in [3.05, 3.63) is 12.2 Å². The second-order valence-corrected chi connectivity index (χ2v) is 3.11. The zero-order valence-corrected chi connectivity index (χ0v) is 11.2. The van der Waals surface area contributed by atoms with Crippen molar-refractivity contribution in [2.45, 2.75) is 32.6 Å². The summed E-state index contributed by atoms with van der Waals surface area (Å²) in [5, 5.41) is 18.9. The van der Waals surface area contributed by atoms with Crippen LogP contribution in [0.5, 0.6) is 0 Å². The molecule has 0 rings (SSSR count). The van der Waals surface area contributed by atoms with Crippen LogP contribution in [-0.2, 0) is 9.59 Å². The fourth-order valence-electron chi connectivity index (χ4n) is 1.02. The molecule has 0 spiro atoms. The van der Waals surface area contributed by atoms with E-state index in [2.05, 4.69) is 0 Å². The van der Waals surface area contributed by atoms with E-state index in [1.54, 1.807) is 6.08 Å². The number of carbonyl (C=O) groups is 2. The molecule has 0 bridgehead atoms. The van der Waals surface area contributed by atoms with Gasteiger partial charge in [-0.2, -0.15) is 0 Å². The topological polar surface area (TPSA) is 77.4 Å². The first kappa shape index (κ1) is 17.1. The second kappa shape index (κ2) is 10.2. The van der Waals surface area contributed by atoms with Crippen LogP contribution in [0, 0.1) is 5.92 Å². The van der Waals surface area contributed by atoms with Gasteiger partial charge in [-0.1, -0.05) is 25.5 Å². The van der Waals surface area contributed by atoms with Crippen molar-refractivity contribution in [3.63, 3.8) is 0 Å². The van der Waals surface area contributed by atoms with E-state index in [4.69, 9.17) is 5.11 Å². The third kappa shape index (κ3) is 9.97. The quantitative estimate of drug-likeness (QED) is 0.384. The molecule has 0 heterocycles. The summed E-state index contributed by atoms with van der Waals surface area (Å²) in [5.41, 5.74) is 0. The minimum atomic E-state index is -1.32. The zero-order chi connectivity index (χ0) is 11.0. The van der Waals surface area contributed by atoms with Gasteiger partial charge in [0.05, 0.1) is 5.92 Å². The van der Waals surface area contributed by atoms with Gasteiger partial charge in [0.25, 0.3) is 0 Å². The Kier molecular flexibility index (Phi) is 11.6. The Morgan fingerprint density at radius 3 is 2.40 bits per heavy atom. The number of carbonyl (C=O) groups excluding carboxylic acids is 1. The molecule has 15 heavy (non-hydrogen) atoms. The Bertz CT molecular complexity index is 225. The van der Waals surface area contributed by atoms with Crippen LogP contribution in [-0.4, -0.2) is 17.0 Å². The van der Waals surface area contributed by atoms with Gasteiger partial charge >= 0.3 is 35.5 Å². The molecule has 0 aromatic heterocycles. The molecular formula is C10H15NaO4. The minimum absolute atomic E-state index is 0. The summed E-state index contributed by atoms with van der Waals surface area (Å²) < 4.78 is 0. The monoisotopic (exact) mass is 222 g/mol.